The van der Waals surface area contributed by atoms with E-state index in [4.69, 9.17) is 4.42 Å². The Labute approximate surface area is 182 Å². The van der Waals surface area contributed by atoms with Crippen LogP contribution in [0.2, 0.25) is 0 Å². The SMILES string of the molecule is O=C(c1cc2sccc2n1Cc1ccccc1)N(Cc1ccco1)Cc1cccs1. The van der Waals surface area contributed by atoms with E-state index in [0.717, 1.165) is 20.9 Å². The van der Waals surface area contributed by atoms with Gasteiger partial charge in [-0.2, -0.15) is 0 Å². The van der Waals surface area contributed by atoms with Crippen molar-refractivity contribution in [3.8, 4) is 0 Å². The summed E-state index contributed by atoms with van der Waals surface area (Å²) in [5.41, 5.74) is 2.98. The standard InChI is InChI=1S/C24H20N2O2S2/c27-24(25(16-19-8-4-11-28-19)17-20-9-5-12-29-20)22-14-23-21(10-13-30-23)26(22)15-18-6-2-1-3-7-18/h1-14H,15-17H2. The van der Waals surface area contributed by atoms with Crippen molar-refractivity contribution in [2.24, 2.45) is 0 Å². The number of nitrogens with zero attached hydrogens (tertiary/aromatic N) is 2. The van der Waals surface area contributed by atoms with E-state index in [9.17, 15) is 4.79 Å². The van der Waals surface area contributed by atoms with Crippen molar-refractivity contribution in [1.82, 2.24) is 9.47 Å². The number of amides is 1. The summed E-state index contributed by atoms with van der Waals surface area (Å²) in [6.07, 6.45) is 1.65. The van der Waals surface area contributed by atoms with Crippen LogP contribution in [-0.2, 0) is 19.6 Å². The van der Waals surface area contributed by atoms with Crippen molar-refractivity contribution in [2.75, 3.05) is 0 Å². The Morgan fingerprint density at radius 1 is 0.933 bits per heavy atom. The lowest BCUT2D eigenvalue weighted by Gasteiger charge is -2.22. The second-order valence-electron chi connectivity index (χ2n) is 7.09. The molecule has 1 amide bonds. The maximum atomic E-state index is 13.7. The number of hydrogen-bond donors (Lipinski definition) is 0. The molecule has 4 aromatic heterocycles. The molecule has 0 saturated heterocycles. The van der Waals surface area contributed by atoms with Crippen LogP contribution in [0.4, 0.5) is 0 Å². The topological polar surface area (TPSA) is 38.4 Å². The molecule has 5 aromatic rings. The Kier molecular flexibility index (Phi) is 5.26. The third-order valence-corrected chi connectivity index (χ3v) is 6.78. The molecule has 0 atom stereocenters. The Morgan fingerprint density at radius 2 is 1.83 bits per heavy atom. The van der Waals surface area contributed by atoms with E-state index in [0.29, 0.717) is 25.3 Å². The molecule has 5 rings (SSSR count). The molecule has 0 N–H and O–H groups in total. The third kappa shape index (κ3) is 3.84. The molecule has 4 nitrogen and oxygen atoms in total. The molecule has 0 unspecified atom stereocenters. The Morgan fingerprint density at radius 3 is 2.60 bits per heavy atom. The highest BCUT2D eigenvalue weighted by atomic mass is 32.1. The fraction of sp³-hybridized carbons (Fsp3) is 0.125. The summed E-state index contributed by atoms with van der Waals surface area (Å²) in [5.74, 6) is 0.794. The summed E-state index contributed by atoms with van der Waals surface area (Å²) in [5, 5.41) is 4.12. The lowest BCUT2D eigenvalue weighted by Crippen LogP contribution is -2.31. The molecule has 150 valence electrons. The zero-order valence-corrected chi connectivity index (χ0v) is 17.9. The summed E-state index contributed by atoms with van der Waals surface area (Å²) >= 11 is 3.33. The minimum absolute atomic E-state index is 0.0131. The normalized spacial score (nSPS) is 11.2. The predicted octanol–water partition coefficient (Wildman–Crippen LogP) is 6.25. The van der Waals surface area contributed by atoms with Gasteiger partial charge in [0.2, 0.25) is 0 Å². The van der Waals surface area contributed by atoms with Crippen LogP contribution in [0.25, 0.3) is 10.2 Å². The number of fused-ring (bicyclic) bond motifs is 1. The van der Waals surface area contributed by atoms with E-state index in [2.05, 4.69) is 34.2 Å². The molecule has 0 saturated carbocycles. The maximum Gasteiger partial charge on any atom is 0.271 e. The van der Waals surface area contributed by atoms with Gasteiger partial charge < -0.3 is 13.9 Å². The summed E-state index contributed by atoms with van der Waals surface area (Å²) in [4.78, 5) is 16.8. The first kappa shape index (κ1) is 18.9. The van der Waals surface area contributed by atoms with Crippen molar-refractivity contribution < 1.29 is 9.21 Å². The van der Waals surface area contributed by atoms with Crippen LogP contribution in [0.1, 0.15) is 26.7 Å². The van der Waals surface area contributed by atoms with E-state index in [1.165, 1.54) is 5.56 Å². The fourth-order valence-electron chi connectivity index (χ4n) is 3.63. The zero-order chi connectivity index (χ0) is 20.3. The highest BCUT2D eigenvalue weighted by Gasteiger charge is 2.23. The number of aromatic nitrogens is 1. The van der Waals surface area contributed by atoms with Crippen molar-refractivity contribution in [2.45, 2.75) is 19.6 Å². The monoisotopic (exact) mass is 432 g/mol. The number of rotatable bonds is 7. The number of carbonyl (C=O) groups is 1. The quantitative estimate of drug-likeness (QED) is 0.305. The second kappa shape index (κ2) is 8.34. The molecular formula is C24H20N2O2S2. The van der Waals surface area contributed by atoms with Gasteiger partial charge in [-0.05, 0) is 46.7 Å². The molecule has 0 fully saturated rings. The molecule has 0 spiro atoms. The van der Waals surface area contributed by atoms with Crippen LogP contribution >= 0.6 is 22.7 Å². The first-order valence-electron chi connectivity index (χ1n) is 9.72. The van der Waals surface area contributed by atoms with Gasteiger partial charge in [0.15, 0.2) is 0 Å². The number of furan rings is 1. The second-order valence-corrected chi connectivity index (χ2v) is 9.07. The van der Waals surface area contributed by atoms with Crippen LogP contribution < -0.4 is 0 Å². The van der Waals surface area contributed by atoms with E-state index >= 15 is 0 Å². The van der Waals surface area contributed by atoms with Crippen LogP contribution in [0.3, 0.4) is 0 Å². The molecule has 1 aromatic carbocycles. The van der Waals surface area contributed by atoms with Crippen molar-refractivity contribution in [1.29, 1.82) is 0 Å². The van der Waals surface area contributed by atoms with Gasteiger partial charge in [-0.1, -0.05) is 36.4 Å². The van der Waals surface area contributed by atoms with Gasteiger partial charge in [0.25, 0.3) is 5.91 Å². The van der Waals surface area contributed by atoms with E-state index in [-0.39, 0.29) is 5.91 Å². The van der Waals surface area contributed by atoms with Gasteiger partial charge in [0.05, 0.1) is 29.6 Å². The molecule has 4 heterocycles. The van der Waals surface area contributed by atoms with Crippen LogP contribution in [-0.4, -0.2) is 15.4 Å². The average Bonchev–Trinajstić information content (AvgIpc) is 3.55. The van der Waals surface area contributed by atoms with E-state index in [1.807, 2.05) is 52.7 Å². The highest BCUT2D eigenvalue weighted by Crippen LogP contribution is 2.28. The smallest absolute Gasteiger partial charge is 0.271 e. The van der Waals surface area contributed by atoms with Crippen LogP contribution in [0, 0.1) is 0 Å². The van der Waals surface area contributed by atoms with Gasteiger partial charge in [-0.15, -0.1) is 22.7 Å². The fourth-order valence-corrected chi connectivity index (χ4v) is 5.18. The van der Waals surface area contributed by atoms with Gasteiger partial charge in [-0.3, -0.25) is 4.79 Å². The van der Waals surface area contributed by atoms with Crippen molar-refractivity contribution in [3.63, 3.8) is 0 Å². The summed E-state index contributed by atoms with van der Waals surface area (Å²) < 4.78 is 8.80. The van der Waals surface area contributed by atoms with Crippen molar-refractivity contribution in [3.05, 3.63) is 106 Å². The molecule has 6 heteroatoms. The first-order chi connectivity index (χ1) is 14.8. The molecule has 0 aliphatic heterocycles. The predicted molar refractivity (Wildman–Crippen MR) is 122 cm³/mol. The Balaban J connectivity index is 1.52. The summed E-state index contributed by atoms with van der Waals surface area (Å²) in [7, 11) is 0. The van der Waals surface area contributed by atoms with E-state index < -0.39 is 0 Å². The zero-order valence-electron chi connectivity index (χ0n) is 16.2. The number of benzene rings is 1. The largest absolute Gasteiger partial charge is 0.467 e. The number of hydrogen-bond acceptors (Lipinski definition) is 4. The number of thiophene rings is 2. The molecule has 0 radical (unpaired) electrons. The maximum absolute atomic E-state index is 13.7. The summed E-state index contributed by atoms with van der Waals surface area (Å²) in [6.45, 7) is 1.66. The van der Waals surface area contributed by atoms with Gasteiger partial charge in [-0.25, -0.2) is 0 Å². The van der Waals surface area contributed by atoms with Crippen molar-refractivity contribution >= 4 is 38.8 Å². The van der Waals surface area contributed by atoms with E-state index in [1.54, 1.807) is 28.9 Å². The van der Waals surface area contributed by atoms with Crippen LogP contribution in [0.5, 0.6) is 0 Å². The number of carbonyl (C=O) groups excluding carboxylic acids is 1. The third-order valence-electron chi connectivity index (χ3n) is 5.07. The highest BCUT2D eigenvalue weighted by molar-refractivity contribution is 7.17. The van der Waals surface area contributed by atoms with Gasteiger partial charge in [0, 0.05) is 11.4 Å². The minimum atomic E-state index is 0.0131. The van der Waals surface area contributed by atoms with Crippen LogP contribution in [0.15, 0.2) is 88.2 Å². The average molecular weight is 433 g/mol. The lowest BCUT2D eigenvalue weighted by molar-refractivity contribution is 0.0709. The lowest BCUT2D eigenvalue weighted by atomic mass is 10.2. The molecule has 0 aliphatic carbocycles. The molecule has 0 bridgehead atoms. The Hall–Kier alpha value is -3.09. The summed E-state index contributed by atoms with van der Waals surface area (Å²) in [6, 6.07) is 22.2. The molecular weight excluding hydrogens is 412 g/mol. The molecule has 0 aliphatic rings. The van der Waals surface area contributed by atoms with Gasteiger partial charge >= 0.3 is 0 Å². The molecule has 30 heavy (non-hydrogen) atoms. The Bertz CT molecular complexity index is 1200. The minimum Gasteiger partial charge on any atom is -0.467 e. The van der Waals surface area contributed by atoms with Gasteiger partial charge in [0.1, 0.15) is 11.5 Å². The first-order valence-corrected chi connectivity index (χ1v) is 11.5.